The molecule has 0 bridgehead atoms. The summed E-state index contributed by atoms with van der Waals surface area (Å²) < 4.78 is 6.49. The van der Waals surface area contributed by atoms with E-state index in [2.05, 4.69) is 16.0 Å². The van der Waals surface area contributed by atoms with Crippen molar-refractivity contribution in [2.24, 2.45) is 5.73 Å². The van der Waals surface area contributed by atoms with Gasteiger partial charge in [-0.1, -0.05) is 0 Å². The van der Waals surface area contributed by atoms with Crippen molar-refractivity contribution in [2.75, 3.05) is 40.3 Å². The van der Waals surface area contributed by atoms with Gasteiger partial charge in [-0.15, -0.1) is 0 Å². The SMILES string of the molecule is CN.CNCCOC(=O)N1CCC(n2c(O)c(C)[nH]c2=O)CC1. The van der Waals surface area contributed by atoms with Crippen LogP contribution in [0.25, 0.3) is 0 Å². The molecule has 1 saturated heterocycles. The van der Waals surface area contributed by atoms with Crippen LogP contribution in [0.2, 0.25) is 0 Å². The maximum atomic E-state index is 11.8. The molecule has 23 heavy (non-hydrogen) atoms. The zero-order valence-electron chi connectivity index (χ0n) is 14.0. The Labute approximate surface area is 135 Å². The van der Waals surface area contributed by atoms with Crippen molar-refractivity contribution >= 4 is 6.09 Å². The van der Waals surface area contributed by atoms with E-state index in [0.29, 0.717) is 44.8 Å². The molecule has 1 aliphatic rings. The predicted octanol–water partition coefficient (Wildman–Crippen LogP) is -0.242. The maximum Gasteiger partial charge on any atom is 0.409 e. The van der Waals surface area contributed by atoms with Gasteiger partial charge in [0.2, 0.25) is 5.88 Å². The first kappa shape index (κ1) is 19.0. The molecule has 2 heterocycles. The zero-order chi connectivity index (χ0) is 17.4. The number of amides is 1. The van der Waals surface area contributed by atoms with Crippen molar-refractivity contribution in [3.63, 3.8) is 0 Å². The van der Waals surface area contributed by atoms with Gasteiger partial charge < -0.3 is 30.8 Å². The number of ether oxygens (including phenoxy) is 1. The second kappa shape index (κ2) is 9.21. The number of aromatic hydroxyl groups is 1. The molecule has 132 valence electrons. The molecule has 9 nitrogen and oxygen atoms in total. The van der Waals surface area contributed by atoms with Crippen LogP contribution in [-0.4, -0.2) is 66.0 Å². The number of carbonyl (C=O) groups is 1. The lowest BCUT2D eigenvalue weighted by atomic mass is 10.1. The summed E-state index contributed by atoms with van der Waals surface area (Å²) in [6.07, 6.45) is 0.906. The lowest BCUT2D eigenvalue weighted by Gasteiger charge is -2.31. The number of piperidine rings is 1. The Kier molecular flexibility index (Phi) is 7.63. The molecule has 0 unspecified atom stereocenters. The Bertz CT molecular complexity index is 546. The van der Waals surface area contributed by atoms with Gasteiger partial charge in [0.15, 0.2) is 0 Å². The molecule has 1 aromatic rings. The van der Waals surface area contributed by atoms with Gasteiger partial charge in [0, 0.05) is 25.7 Å². The average molecular weight is 329 g/mol. The highest BCUT2D eigenvalue weighted by Crippen LogP contribution is 2.26. The quantitative estimate of drug-likeness (QED) is 0.565. The number of H-pyrrole nitrogens is 1. The Morgan fingerprint density at radius 2 is 2.04 bits per heavy atom. The highest BCUT2D eigenvalue weighted by Gasteiger charge is 2.27. The molecule has 0 aliphatic carbocycles. The molecule has 9 heteroatoms. The lowest BCUT2D eigenvalue weighted by Crippen LogP contribution is -2.41. The fourth-order valence-corrected chi connectivity index (χ4v) is 2.53. The van der Waals surface area contributed by atoms with Crippen molar-refractivity contribution in [2.45, 2.75) is 25.8 Å². The summed E-state index contributed by atoms with van der Waals surface area (Å²) in [6, 6.07) is -0.0937. The van der Waals surface area contributed by atoms with Gasteiger partial charge in [-0.25, -0.2) is 9.59 Å². The van der Waals surface area contributed by atoms with Gasteiger partial charge in [-0.3, -0.25) is 4.57 Å². The normalized spacial score (nSPS) is 15.0. The fourth-order valence-electron chi connectivity index (χ4n) is 2.53. The van der Waals surface area contributed by atoms with E-state index in [1.807, 2.05) is 0 Å². The summed E-state index contributed by atoms with van der Waals surface area (Å²) in [4.78, 5) is 27.8. The van der Waals surface area contributed by atoms with Gasteiger partial charge in [-0.2, -0.15) is 0 Å². The molecule has 5 N–H and O–H groups in total. The highest BCUT2D eigenvalue weighted by atomic mass is 16.6. The molecule has 0 spiro atoms. The van der Waals surface area contributed by atoms with E-state index in [1.165, 1.54) is 11.6 Å². The summed E-state index contributed by atoms with van der Waals surface area (Å²) in [7, 11) is 3.29. The monoisotopic (exact) mass is 329 g/mol. The van der Waals surface area contributed by atoms with Crippen LogP contribution in [-0.2, 0) is 4.74 Å². The maximum absolute atomic E-state index is 11.8. The molecule has 1 amide bonds. The molecular formula is C14H27N5O4. The van der Waals surface area contributed by atoms with Crippen molar-refractivity contribution in [3.8, 4) is 5.88 Å². The number of rotatable bonds is 4. The minimum Gasteiger partial charge on any atom is -0.493 e. The standard InChI is InChI=1S/C13H22N4O4.CH5N/c1-9-11(18)17(12(19)15-9)10-3-6-16(7-4-10)13(20)21-8-5-14-2;1-2/h10,14,18H,3-8H2,1-2H3,(H,15,19);2H2,1H3. The number of aryl methyl sites for hydroxylation is 1. The van der Waals surface area contributed by atoms with E-state index in [0.717, 1.165) is 0 Å². The highest BCUT2D eigenvalue weighted by molar-refractivity contribution is 5.67. The molecule has 0 radical (unpaired) electrons. The van der Waals surface area contributed by atoms with Crippen LogP contribution in [0, 0.1) is 6.92 Å². The Hall–Kier alpha value is -2.00. The van der Waals surface area contributed by atoms with Crippen LogP contribution in [0.4, 0.5) is 4.79 Å². The molecule has 1 aliphatic heterocycles. The number of likely N-dealkylation sites (N-methyl/N-ethyl adjacent to an activating group) is 1. The van der Waals surface area contributed by atoms with Crippen LogP contribution >= 0.6 is 0 Å². The Morgan fingerprint density at radius 1 is 1.43 bits per heavy atom. The van der Waals surface area contributed by atoms with E-state index in [-0.39, 0.29) is 23.7 Å². The first-order chi connectivity index (χ1) is 11.0. The number of aromatic nitrogens is 2. The van der Waals surface area contributed by atoms with Crippen LogP contribution in [0.5, 0.6) is 5.88 Å². The van der Waals surface area contributed by atoms with Crippen molar-refractivity contribution in [1.82, 2.24) is 19.8 Å². The number of nitrogens with zero attached hydrogens (tertiary/aromatic N) is 2. The number of aromatic amines is 1. The van der Waals surface area contributed by atoms with Crippen LogP contribution in [0.3, 0.4) is 0 Å². The summed E-state index contributed by atoms with van der Waals surface area (Å²) in [5.74, 6) is -0.0185. The van der Waals surface area contributed by atoms with Gasteiger partial charge in [0.05, 0.1) is 5.69 Å². The smallest absolute Gasteiger partial charge is 0.409 e. The van der Waals surface area contributed by atoms with Crippen LogP contribution in [0.15, 0.2) is 4.79 Å². The van der Waals surface area contributed by atoms with Gasteiger partial charge >= 0.3 is 11.8 Å². The van der Waals surface area contributed by atoms with Gasteiger partial charge in [0.1, 0.15) is 6.61 Å². The predicted molar refractivity (Wildman–Crippen MR) is 86.7 cm³/mol. The summed E-state index contributed by atoms with van der Waals surface area (Å²) in [6.45, 7) is 3.64. The fraction of sp³-hybridized carbons (Fsp3) is 0.714. The topological polar surface area (TPSA) is 126 Å². The third-order valence-corrected chi connectivity index (χ3v) is 3.74. The Morgan fingerprint density at radius 3 is 2.52 bits per heavy atom. The number of likely N-dealkylation sites (tertiary alicyclic amines) is 1. The van der Waals surface area contributed by atoms with Crippen molar-refractivity contribution in [3.05, 3.63) is 16.2 Å². The second-order valence-electron chi connectivity index (χ2n) is 5.18. The lowest BCUT2D eigenvalue weighted by molar-refractivity contribution is 0.0886. The third kappa shape index (κ3) is 4.73. The van der Waals surface area contributed by atoms with E-state index in [9.17, 15) is 14.7 Å². The van der Waals surface area contributed by atoms with E-state index in [1.54, 1.807) is 18.9 Å². The number of hydrogen-bond acceptors (Lipinski definition) is 6. The number of carbonyl (C=O) groups excluding carboxylic acids is 1. The molecule has 0 saturated carbocycles. The summed E-state index contributed by atoms with van der Waals surface area (Å²) in [5.41, 5.74) is 4.66. The molecule has 1 fully saturated rings. The van der Waals surface area contributed by atoms with Gasteiger partial charge in [-0.05, 0) is 33.9 Å². The van der Waals surface area contributed by atoms with Crippen molar-refractivity contribution in [1.29, 1.82) is 0 Å². The minimum absolute atomic E-state index is 0.0185. The van der Waals surface area contributed by atoms with Crippen LogP contribution < -0.4 is 16.7 Å². The molecular weight excluding hydrogens is 302 g/mol. The van der Waals surface area contributed by atoms with Crippen LogP contribution in [0.1, 0.15) is 24.6 Å². The second-order valence-corrected chi connectivity index (χ2v) is 5.18. The van der Waals surface area contributed by atoms with E-state index < -0.39 is 0 Å². The first-order valence-corrected chi connectivity index (χ1v) is 7.68. The number of nitrogens with two attached hydrogens (primary N) is 1. The third-order valence-electron chi connectivity index (χ3n) is 3.74. The van der Waals surface area contributed by atoms with E-state index >= 15 is 0 Å². The number of hydrogen-bond donors (Lipinski definition) is 4. The average Bonchev–Trinajstić information content (AvgIpc) is 2.82. The Balaban J connectivity index is 0.00000127. The number of imidazole rings is 1. The summed E-state index contributed by atoms with van der Waals surface area (Å²) in [5, 5.41) is 12.8. The first-order valence-electron chi connectivity index (χ1n) is 7.68. The number of nitrogens with one attached hydrogen (secondary N) is 2. The molecule has 0 aromatic carbocycles. The van der Waals surface area contributed by atoms with Crippen molar-refractivity contribution < 1.29 is 14.6 Å². The van der Waals surface area contributed by atoms with Gasteiger partial charge in [0.25, 0.3) is 0 Å². The van der Waals surface area contributed by atoms with E-state index in [4.69, 9.17) is 4.74 Å². The largest absolute Gasteiger partial charge is 0.493 e. The summed E-state index contributed by atoms with van der Waals surface area (Å²) >= 11 is 0. The zero-order valence-corrected chi connectivity index (χ0v) is 14.0. The molecule has 1 aromatic heterocycles. The molecule has 2 rings (SSSR count). The minimum atomic E-state index is -0.328. The molecule has 0 atom stereocenters.